The van der Waals surface area contributed by atoms with Crippen molar-refractivity contribution in [3.8, 4) is 0 Å². The maximum absolute atomic E-state index is 12.2. The van der Waals surface area contributed by atoms with E-state index in [2.05, 4.69) is 28.1 Å². The molecule has 4 amide bonds. The number of urea groups is 1. The first-order chi connectivity index (χ1) is 12.1. The van der Waals surface area contributed by atoms with Gasteiger partial charge in [-0.1, -0.05) is 24.3 Å². The predicted molar refractivity (Wildman–Crippen MR) is 95.2 cm³/mol. The molecule has 7 nitrogen and oxygen atoms in total. The molecule has 1 aliphatic heterocycles. The Balaban J connectivity index is 1.56. The van der Waals surface area contributed by atoms with Gasteiger partial charge in [-0.05, 0) is 30.9 Å². The molecule has 7 heteroatoms. The van der Waals surface area contributed by atoms with Crippen LogP contribution in [0.4, 0.5) is 16.2 Å². The molecule has 25 heavy (non-hydrogen) atoms. The number of benzene rings is 1. The van der Waals surface area contributed by atoms with E-state index < -0.39 is 0 Å². The number of nitrogens with zero attached hydrogens (tertiary/aromatic N) is 1. The number of hydrogen-bond acceptors (Lipinski definition) is 4. The molecule has 1 fully saturated rings. The molecule has 0 unspecified atom stereocenters. The zero-order valence-corrected chi connectivity index (χ0v) is 14.0. The van der Waals surface area contributed by atoms with Crippen molar-refractivity contribution in [3.05, 3.63) is 36.4 Å². The van der Waals surface area contributed by atoms with E-state index in [4.69, 9.17) is 0 Å². The summed E-state index contributed by atoms with van der Waals surface area (Å²) in [7, 11) is 0. The molecular weight excluding hydrogens is 320 g/mol. The van der Waals surface area contributed by atoms with Crippen molar-refractivity contribution in [2.24, 2.45) is 5.92 Å². The molecule has 0 saturated carbocycles. The number of hydrogen-bond donors (Lipinski definition) is 3. The van der Waals surface area contributed by atoms with Gasteiger partial charge in [0.1, 0.15) is 0 Å². The lowest BCUT2D eigenvalue weighted by Crippen LogP contribution is -2.38. The lowest BCUT2D eigenvalue weighted by molar-refractivity contribution is -0.125. The third kappa shape index (κ3) is 4.37. The van der Waals surface area contributed by atoms with Crippen LogP contribution in [0.2, 0.25) is 0 Å². The minimum atomic E-state index is -0.363. The number of anilines is 2. The Morgan fingerprint density at radius 3 is 2.72 bits per heavy atom. The zero-order chi connectivity index (χ0) is 17.6. The maximum Gasteiger partial charge on any atom is 0.324 e. The largest absolute Gasteiger partial charge is 0.374 e. The predicted octanol–water partition coefficient (Wildman–Crippen LogP) is 1.95. The van der Waals surface area contributed by atoms with Gasteiger partial charge in [0.05, 0.1) is 17.9 Å². The minimum Gasteiger partial charge on any atom is -0.374 e. The van der Waals surface area contributed by atoms with Gasteiger partial charge >= 0.3 is 6.03 Å². The second-order valence-corrected chi connectivity index (χ2v) is 6.19. The third-order valence-corrected chi connectivity index (χ3v) is 4.35. The second kappa shape index (κ2) is 7.83. The smallest absolute Gasteiger partial charge is 0.324 e. The molecule has 0 aromatic heterocycles. The highest BCUT2D eigenvalue weighted by Gasteiger charge is 2.25. The monoisotopic (exact) mass is 342 g/mol. The highest BCUT2D eigenvalue weighted by molar-refractivity contribution is 5.98. The van der Waals surface area contributed by atoms with Crippen LogP contribution < -0.4 is 16.0 Å². The number of allylic oxidation sites excluding steroid dienone is 2. The number of imide groups is 1. The number of carbonyl (C=O) groups is 3. The van der Waals surface area contributed by atoms with Crippen LogP contribution in [0.25, 0.3) is 0 Å². The van der Waals surface area contributed by atoms with Crippen LogP contribution in [0, 0.1) is 5.92 Å². The highest BCUT2D eigenvalue weighted by Crippen LogP contribution is 2.24. The number of amides is 4. The van der Waals surface area contributed by atoms with E-state index in [1.165, 1.54) is 4.90 Å². The van der Waals surface area contributed by atoms with E-state index in [0.29, 0.717) is 36.8 Å². The normalized spacial score (nSPS) is 19.0. The Morgan fingerprint density at radius 2 is 2.04 bits per heavy atom. The SMILES string of the molecule is O=C(C[C@@H]1C=CCC1)Nc1ccccc1NCC(=O)N1CCNC1=O. The summed E-state index contributed by atoms with van der Waals surface area (Å²) in [6.07, 6.45) is 6.69. The fraction of sp³-hybridized carbons (Fsp3) is 0.389. The Bertz CT molecular complexity index is 701. The Hall–Kier alpha value is -2.83. The van der Waals surface area contributed by atoms with Crippen LogP contribution in [-0.2, 0) is 9.59 Å². The number of rotatable bonds is 6. The van der Waals surface area contributed by atoms with Gasteiger partial charge in [-0.15, -0.1) is 0 Å². The molecule has 0 radical (unpaired) electrons. The third-order valence-electron chi connectivity index (χ3n) is 4.35. The first kappa shape index (κ1) is 17.0. The molecule has 3 N–H and O–H groups in total. The van der Waals surface area contributed by atoms with Crippen LogP contribution in [0.1, 0.15) is 19.3 Å². The minimum absolute atomic E-state index is 0.00827. The van der Waals surface area contributed by atoms with E-state index >= 15 is 0 Å². The average Bonchev–Trinajstić information content (AvgIpc) is 3.25. The first-order valence-corrected chi connectivity index (χ1v) is 8.51. The van der Waals surface area contributed by atoms with Crippen molar-refractivity contribution in [1.82, 2.24) is 10.2 Å². The molecule has 0 bridgehead atoms. The van der Waals surface area contributed by atoms with Crippen LogP contribution in [0.15, 0.2) is 36.4 Å². The zero-order valence-electron chi connectivity index (χ0n) is 14.0. The molecule has 3 rings (SSSR count). The lowest BCUT2D eigenvalue weighted by atomic mass is 10.0. The summed E-state index contributed by atoms with van der Waals surface area (Å²) >= 11 is 0. The van der Waals surface area contributed by atoms with Crippen LogP contribution in [0.5, 0.6) is 0 Å². The summed E-state index contributed by atoms with van der Waals surface area (Å²) in [5.74, 6) is -0.0429. The van der Waals surface area contributed by atoms with Crippen LogP contribution in [0.3, 0.4) is 0 Å². The summed E-state index contributed by atoms with van der Waals surface area (Å²) in [5.41, 5.74) is 1.29. The summed E-state index contributed by atoms with van der Waals surface area (Å²) in [4.78, 5) is 37.0. The van der Waals surface area contributed by atoms with Crippen LogP contribution in [-0.4, -0.2) is 42.4 Å². The van der Waals surface area contributed by atoms with Gasteiger partial charge in [-0.25, -0.2) is 4.79 Å². The lowest BCUT2D eigenvalue weighted by Gasteiger charge is -2.16. The van der Waals surface area contributed by atoms with Gasteiger partial charge in [0, 0.05) is 19.5 Å². The van der Waals surface area contributed by atoms with Crippen molar-refractivity contribution in [2.45, 2.75) is 19.3 Å². The van der Waals surface area contributed by atoms with Crippen LogP contribution >= 0.6 is 0 Å². The maximum atomic E-state index is 12.2. The molecule has 1 aromatic rings. The molecule has 1 atom stereocenters. The van der Waals surface area contributed by atoms with E-state index in [0.717, 1.165) is 12.8 Å². The quantitative estimate of drug-likeness (QED) is 0.689. The van der Waals surface area contributed by atoms with Crippen molar-refractivity contribution >= 4 is 29.2 Å². The molecule has 1 saturated heterocycles. The average molecular weight is 342 g/mol. The number of carbonyl (C=O) groups excluding carboxylic acids is 3. The number of nitrogens with one attached hydrogen (secondary N) is 3. The van der Waals surface area contributed by atoms with Gasteiger partial charge in [0.15, 0.2) is 0 Å². The standard InChI is InChI=1S/C18H22N4O3/c23-16(11-13-5-1-2-6-13)21-15-8-4-3-7-14(15)20-12-17(24)22-10-9-19-18(22)25/h1,3-5,7-8,13,20H,2,6,9-12H2,(H,19,25)(H,21,23)/t13-/m1/s1. The van der Waals surface area contributed by atoms with E-state index in [1.807, 2.05) is 12.1 Å². The molecule has 2 aliphatic rings. The summed E-state index contributed by atoms with van der Waals surface area (Å²) in [5, 5.41) is 8.51. The van der Waals surface area contributed by atoms with Gasteiger partial charge in [-0.3, -0.25) is 14.5 Å². The molecule has 0 spiro atoms. The fourth-order valence-corrected chi connectivity index (χ4v) is 3.03. The van der Waals surface area contributed by atoms with Gasteiger partial charge in [0.2, 0.25) is 11.8 Å². The van der Waals surface area contributed by atoms with Gasteiger partial charge < -0.3 is 16.0 Å². The van der Waals surface area contributed by atoms with Crippen molar-refractivity contribution in [3.63, 3.8) is 0 Å². The molecule has 1 aliphatic carbocycles. The van der Waals surface area contributed by atoms with E-state index in [-0.39, 0.29) is 24.4 Å². The molecule has 1 aromatic carbocycles. The highest BCUT2D eigenvalue weighted by atomic mass is 16.2. The second-order valence-electron chi connectivity index (χ2n) is 6.19. The van der Waals surface area contributed by atoms with E-state index in [1.54, 1.807) is 12.1 Å². The van der Waals surface area contributed by atoms with E-state index in [9.17, 15) is 14.4 Å². The Morgan fingerprint density at radius 1 is 1.24 bits per heavy atom. The summed E-state index contributed by atoms with van der Waals surface area (Å²) in [6, 6.07) is 6.87. The molecule has 1 heterocycles. The van der Waals surface area contributed by atoms with Crippen molar-refractivity contribution in [2.75, 3.05) is 30.3 Å². The first-order valence-electron chi connectivity index (χ1n) is 8.51. The Kier molecular flexibility index (Phi) is 5.33. The Labute approximate surface area is 146 Å². The van der Waals surface area contributed by atoms with Gasteiger partial charge in [-0.2, -0.15) is 0 Å². The molecule has 132 valence electrons. The number of para-hydroxylation sites is 2. The topological polar surface area (TPSA) is 90.5 Å². The molecular formula is C18H22N4O3. The fourth-order valence-electron chi connectivity index (χ4n) is 3.03. The van der Waals surface area contributed by atoms with Crippen molar-refractivity contribution < 1.29 is 14.4 Å². The summed E-state index contributed by atoms with van der Waals surface area (Å²) in [6.45, 7) is 0.852. The van der Waals surface area contributed by atoms with Crippen molar-refractivity contribution in [1.29, 1.82) is 0 Å². The summed E-state index contributed by atoms with van der Waals surface area (Å²) < 4.78 is 0. The van der Waals surface area contributed by atoms with Gasteiger partial charge in [0.25, 0.3) is 0 Å².